The first-order valence-electron chi connectivity index (χ1n) is 20.2. The van der Waals surface area contributed by atoms with Crippen LogP contribution < -0.4 is 0 Å². The summed E-state index contributed by atoms with van der Waals surface area (Å²) >= 11 is 0. The second-order valence-electron chi connectivity index (χ2n) is 16.8. The molecule has 10 atom stereocenters. The van der Waals surface area contributed by atoms with Gasteiger partial charge in [0, 0.05) is 23.2 Å². The van der Waals surface area contributed by atoms with Gasteiger partial charge in [-0.15, -0.1) is 0 Å². The first-order valence-corrected chi connectivity index (χ1v) is 20.2. The smallest absolute Gasteiger partial charge is 0.338 e. The number of carbonyl (C=O) groups excluding carboxylic acids is 3. The van der Waals surface area contributed by atoms with E-state index in [1.165, 1.54) is 51.0 Å². The lowest BCUT2D eigenvalue weighted by molar-refractivity contribution is -0.266. The van der Waals surface area contributed by atoms with E-state index in [0.717, 1.165) is 25.7 Å². The maximum absolute atomic E-state index is 17.6. The summed E-state index contributed by atoms with van der Waals surface area (Å²) in [6.07, 6.45) is 12.6. The van der Waals surface area contributed by atoms with Crippen LogP contribution in [0.5, 0.6) is 0 Å². The van der Waals surface area contributed by atoms with Crippen LogP contribution >= 0.6 is 0 Å². The van der Waals surface area contributed by atoms with Crippen molar-refractivity contribution in [3.05, 3.63) is 11.6 Å². The van der Waals surface area contributed by atoms with Crippen molar-refractivity contribution in [3.8, 4) is 0 Å². The van der Waals surface area contributed by atoms with E-state index < -0.39 is 65.3 Å². The van der Waals surface area contributed by atoms with Gasteiger partial charge in [0.1, 0.15) is 17.4 Å². The van der Waals surface area contributed by atoms with Crippen molar-refractivity contribution < 1.29 is 42.5 Å². The highest BCUT2D eigenvalue weighted by Crippen LogP contribution is 2.71. The molecule has 1 spiro atoms. The molecular formula is C41H64F2O7. The molecule has 5 rings (SSSR count). The van der Waals surface area contributed by atoms with E-state index in [1.807, 2.05) is 13.8 Å². The molecule has 50 heavy (non-hydrogen) atoms. The molecule has 3 saturated carbocycles. The van der Waals surface area contributed by atoms with Gasteiger partial charge in [-0.05, 0) is 68.9 Å². The Bertz CT molecular complexity index is 1240. The summed E-state index contributed by atoms with van der Waals surface area (Å²) in [5.74, 6) is -2.29. The van der Waals surface area contributed by atoms with Crippen LogP contribution in [0.25, 0.3) is 0 Å². The highest BCUT2D eigenvalue weighted by atomic mass is 19.1. The number of Topliss-reactive ketones (excluding diaryl/α,β-unsaturated/α-hetero) is 1. The third-order valence-electron chi connectivity index (χ3n) is 13.8. The molecule has 1 saturated heterocycles. The quantitative estimate of drug-likeness (QED) is 0.134. The van der Waals surface area contributed by atoms with Crippen molar-refractivity contribution in [1.82, 2.24) is 0 Å². The lowest BCUT2D eigenvalue weighted by atomic mass is 9.44. The SMILES string of the molecule is CCCCCCCCCCCCCC(O)C1OC(CCC)O[C@@]2(CC[C@H]3[C@@H]4C[C@H](F)C5=CC(=O)CC[C@]5(C)[C@@]4(F)CC[C@@]32C)C(=O)COC1=O. The van der Waals surface area contributed by atoms with Crippen molar-refractivity contribution >= 4 is 17.5 Å². The minimum atomic E-state index is -1.71. The predicted octanol–water partition coefficient (Wildman–Crippen LogP) is 9.01. The van der Waals surface area contributed by atoms with Gasteiger partial charge in [0.25, 0.3) is 0 Å². The summed E-state index contributed by atoms with van der Waals surface area (Å²) in [4.78, 5) is 39.9. The second-order valence-corrected chi connectivity index (χ2v) is 16.8. The Labute approximate surface area is 299 Å². The minimum absolute atomic E-state index is 0.0348. The summed E-state index contributed by atoms with van der Waals surface area (Å²) in [7, 11) is 0. The van der Waals surface area contributed by atoms with Gasteiger partial charge in [0.15, 0.2) is 24.8 Å². The lowest BCUT2D eigenvalue weighted by Crippen LogP contribution is -2.66. The first kappa shape index (κ1) is 39.5. The number of hydrogen-bond acceptors (Lipinski definition) is 7. The number of allylic oxidation sites excluding steroid dienone is 1. The molecule has 0 amide bonds. The number of cyclic esters (lactones) is 1. The van der Waals surface area contributed by atoms with E-state index in [9.17, 15) is 19.5 Å². The van der Waals surface area contributed by atoms with Crippen LogP contribution in [0.4, 0.5) is 8.78 Å². The molecule has 0 radical (unpaired) electrons. The molecule has 0 bridgehead atoms. The van der Waals surface area contributed by atoms with Crippen molar-refractivity contribution in [2.75, 3.05) is 6.61 Å². The maximum Gasteiger partial charge on any atom is 0.338 e. The number of esters is 1. The molecule has 9 heteroatoms. The van der Waals surface area contributed by atoms with E-state index in [2.05, 4.69) is 6.92 Å². The second kappa shape index (κ2) is 16.5. The summed E-state index contributed by atoms with van der Waals surface area (Å²) in [6, 6.07) is 0. The van der Waals surface area contributed by atoms with Crippen molar-refractivity contribution in [2.45, 2.75) is 198 Å². The zero-order valence-electron chi connectivity index (χ0n) is 31.3. The highest BCUT2D eigenvalue weighted by molar-refractivity contribution is 5.93. The lowest BCUT2D eigenvalue weighted by Gasteiger charge is -2.62. The van der Waals surface area contributed by atoms with Gasteiger partial charge >= 0.3 is 5.97 Å². The average molecular weight is 707 g/mol. The number of ketones is 2. The Hall–Kier alpha value is -1.71. The zero-order chi connectivity index (χ0) is 36.2. The van der Waals surface area contributed by atoms with E-state index in [-0.39, 0.29) is 43.2 Å². The van der Waals surface area contributed by atoms with Crippen LogP contribution in [-0.2, 0) is 28.6 Å². The van der Waals surface area contributed by atoms with Crippen molar-refractivity contribution in [1.29, 1.82) is 0 Å². The number of alkyl halides is 2. The van der Waals surface area contributed by atoms with Gasteiger partial charge in [0.2, 0.25) is 5.78 Å². The van der Waals surface area contributed by atoms with Crippen LogP contribution in [0, 0.1) is 22.7 Å². The van der Waals surface area contributed by atoms with Crippen molar-refractivity contribution in [2.24, 2.45) is 22.7 Å². The molecule has 1 aliphatic heterocycles. The molecule has 0 aromatic carbocycles. The summed E-state index contributed by atoms with van der Waals surface area (Å²) < 4.78 is 52.1. The predicted molar refractivity (Wildman–Crippen MR) is 188 cm³/mol. The molecule has 3 unspecified atom stereocenters. The molecule has 4 fully saturated rings. The Kier molecular flexibility index (Phi) is 13.1. The standard InChI is InChI=1S/C41H64F2O7/c1-5-7-8-9-10-11-12-13-14-15-16-18-33(45)36-37(47)48-27-34(46)41(50-35(49-36)17-6-2)22-20-29-30-26-32(42)31-25-28(44)19-21-38(31,3)40(30,43)24-23-39(29,41)4/h25,29-30,32-33,35-36,45H,5-24,26-27H2,1-4H3/t29-,30-,32-,33?,35?,36?,38-,39-,40+,41-/m0/s1. The molecule has 4 aliphatic carbocycles. The van der Waals surface area contributed by atoms with Gasteiger partial charge < -0.3 is 19.3 Å². The number of fused-ring (bicyclic) bond motifs is 6. The summed E-state index contributed by atoms with van der Waals surface area (Å²) in [5.41, 5.74) is -4.75. The number of aliphatic hydroxyl groups excluding tert-OH is 1. The number of carbonyl (C=O) groups is 3. The molecule has 5 aliphatic rings. The van der Waals surface area contributed by atoms with Crippen LogP contribution in [0.15, 0.2) is 11.6 Å². The number of rotatable bonds is 15. The Balaban J connectivity index is 1.26. The van der Waals surface area contributed by atoms with Crippen LogP contribution in [0.1, 0.15) is 163 Å². The number of aliphatic hydroxyl groups is 1. The van der Waals surface area contributed by atoms with Gasteiger partial charge in [-0.1, -0.05) is 105 Å². The summed E-state index contributed by atoms with van der Waals surface area (Å²) in [5, 5.41) is 11.2. The largest absolute Gasteiger partial charge is 0.456 e. The van der Waals surface area contributed by atoms with E-state index in [0.29, 0.717) is 44.1 Å². The van der Waals surface area contributed by atoms with E-state index >= 15 is 8.78 Å². The fourth-order valence-electron chi connectivity index (χ4n) is 10.7. The van der Waals surface area contributed by atoms with Gasteiger partial charge in [-0.2, -0.15) is 0 Å². The fourth-order valence-corrected chi connectivity index (χ4v) is 10.7. The van der Waals surface area contributed by atoms with Gasteiger partial charge in [-0.25, -0.2) is 13.6 Å². The molecule has 1 heterocycles. The molecular weight excluding hydrogens is 642 g/mol. The normalized spacial score (nSPS) is 39.5. The van der Waals surface area contributed by atoms with Gasteiger partial charge in [0.05, 0.1) is 6.10 Å². The average Bonchev–Trinajstić information content (AvgIpc) is 3.40. The zero-order valence-corrected chi connectivity index (χ0v) is 31.3. The number of halogens is 2. The Morgan fingerprint density at radius 3 is 2.20 bits per heavy atom. The number of hydrogen-bond donors (Lipinski definition) is 1. The van der Waals surface area contributed by atoms with E-state index in [1.54, 1.807) is 6.92 Å². The number of unbranched alkanes of at least 4 members (excludes halogenated alkanes) is 10. The minimum Gasteiger partial charge on any atom is -0.456 e. The highest BCUT2D eigenvalue weighted by Gasteiger charge is 2.73. The molecule has 284 valence electrons. The molecule has 7 nitrogen and oxygen atoms in total. The monoisotopic (exact) mass is 706 g/mol. The molecule has 0 aromatic rings. The molecule has 0 aromatic heterocycles. The van der Waals surface area contributed by atoms with Gasteiger partial charge in [-0.3, -0.25) is 9.59 Å². The maximum atomic E-state index is 17.6. The number of ether oxygens (including phenoxy) is 3. The van der Waals surface area contributed by atoms with Crippen LogP contribution in [0.2, 0.25) is 0 Å². The Morgan fingerprint density at radius 2 is 1.54 bits per heavy atom. The van der Waals surface area contributed by atoms with Crippen LogP contribution in [-0.4, -0.2) is 65.2 Å². The Morgan fingerprint density at radius 1 is 0.880 bits per heavy atom. The topological polar surface area (TPSA) is 99.1 Å². The van der Waals surface area contributed by atoms with Crippen LogP contribution in [0.3, 0.4) is 0 Å². The summed E-state index contributed by atoms with van der Waals surface area (Å²) in [6.45, 7) is 7.42. The molecule has 1 N–H and O–H groups in total. The first-order chi connectivity index (χ1) is 23.9. The third kappa shape index (κ3) is 7.40. The third-order valence-corrected chi connectivity index (χ3v) is 13.8. The van der Waals surface area contributed by atoms with E-state index in [4.69, 9.17) is 14.2 Å². The fraction of sp³-hybridized carbons (Fsp3) is 0.878. The van der Waals surface area contributed by atoms with Crippen molar-refractivity contribution in [3.63, 3.8) is 0 Å².